The number of piperazine rings is 1. The largest absolute Gasteiger partial charge is 0.453 e. The number of anilines is 1. The maximum atomic E-state index is 12.5. The fraction of sp³-hybridized carbons (Fsp3) is 0.500. The standard InChI is InChI=1S/C10H11F3N6/c11-10(12,13)8-16-9-15-5-7(6-19(9)17-8)18-3-1-14-2-4-18/h5-6,14H,1-4H2. The summed E-state index contributed by atoms with van der Waals surface area (Å²) in [7, 11) is 0. The highest BCUT2D eigenvalue weighted by Crippen LogP contribution is 2.26. The van der Waals surface area contributed by atoms with Crippen LogP contribution in [0.15, 0.2) is 12.4 Å². The maximum Gasteiger partial charge on any atom is 0.453 e. The molecule has 6 nitrogen and oxygen atoms in total. The summed E-state index contributed by atoms with van der Waals surface area (Å²) >= 11 is 0. The van der Waals surface area contributed by atoms with Crippen LogP contribution in [-0.4, -0.2) is 45.8 Å². The topological polar surface area (TPSA) is 58.4 Å². The predicted octanol–water partition coefficient (Wildman–Crippen LogP) is 0.553. The van der Waals surface area contributed by atoms with E-state index in [1.807, 2.05) is 4.90 Å². The predicted molar refractivity (Wildman–Crippen MR) is 60.9 cm³/mol. The van der Waals surface area contributed by atoms with E-state index in [9.17, 15) is 13.2 Å². The van der Waals surface area contributed by atoms with Gasteiger partial charge >= 0.3 is 6.18 Å². The molecule has 0 aliphatic carbocycles. The Labute approximate surface area is 106 Å². The van der Waals surface area contributed by atoms with E-state index >= 15 is 0 Å². The Bertz CT molecular complexity index is 586. The van der Waals surface area contributed by atoms with Gasteiger partial charge in [0, 0.05) is 26.2 Å². The monoisotopic (exact) mass is 272 g/mol. The van der Waals surface area contributed by atoms with E-state index in [1.165, 1.54) is 12.4 Å². The normalized spacial score (nSPS) is 17.1. The zero-order valence-corrected chi connectivity index (χ0v) is 9.85. The van der Waals surface area contributed by atoms with E-state index in [2.05, 4.69) is 20.4 Å². The van der Waals surface area contributed by atoms with E-state index in [-0.39, 0.29) is 5.78 Å². The van der Waals surface area contributed by atoms with E-state index < -0.39 is 12.0 Å². The molecule has 1 saturated heterocycles. The fourth-order valence-electron chi connectivity index (χ4n) is 1.98. The highest BCUT2D eigenvalue weighted by atomic mass is 19.4. The van der Waals surface area contributed by atoms with Crippen LogP contribution in [0.4, 0.5) is 18.9 Å². The molecule has 19 heavy (non-hydrogen) atoms. The number of rotatable bonds is 1. The summed E-state index contributed by atoms with van der Waals surface area (Å²) in [5.74, 6) is -1.22. The molecule has 1 aliphatic heterocycles. The van der Waals surface area contributed by atoms with E-state index in [4.69, 9.17) is 0 Å². The Morgan fingerprint density at radius 3 is 2.63 bits per heavy atom. The number of nitrogens with one attached hydrogen (secondary N) is 1. The number of alkyl halides is 3. The molecule has 0 saturated carbocycles. The molecular formula is C10H11F3N6. The first-order valence-electron chi connectivity index (χ1n) is 5.79. The van der Waals surface area contributed by atoms with Crippen LogP contribution in [0.5, 0.6) is 0 Å². The van der Waals surface area contributed by atoms with Gasteiger partial charge < -0.3 is 10.2 Å². The lowest BCUT2D eigenvalue weighted by Gasteiger charge is -2.28. The molecule has 1 aliphatic rings. The Balaban J connectivity index is 1.96. The molecule has 3 heterocycles. The summed E-state index contributed by atoms with van der Waals surface area (Å²) in [6.45, 7) is 3.24. The second-order valence-corrected chi connectivity index (χ2v) is 4.23. The van der Waals surface area contributed by atoms with Crippen molar-refractivity contribution in [2.24, 2.45) is 0 Å². The summed E-state index contributed by atoms with van der Waals surface area (Å²) in [5, 5.41) is 6.62. The molecule has 0 spiro atoms. The van der Waals surface area contributed by atoms with Crippen LogP contribution < -0.4 is 10.2 Å². The van der Waals surface area contributed by atoms with E-state index in [0.717, 1.165) is 36.4 Å². The average molecular weight is 272 g/mol. The minimum atomic E-state index is -4.55. The number of fused-ring (bicyclic) bond motifs is 1. The lowest BCUT2D eigenvalue weighted by molar-refractivity contribution is -0.144. The van der Waals surface area contributed by atoms with Crippen LogP contribution in [0.3, 0.4) is 0 Å². The van der Waals surface area contributed by atoms with Crippen LogP contribution in [0, 0.1) is 0 Å². The van der Waals surface area contributed by atoms with Crippen LogP contribution in [0.25, 0.3) is 5.78 Å². The van der Waals surface area contributed by atoms with Gasteiger partial charge in [0.1, 0.15) is 0 Å². The minimum absolute atomic E-state index is 0.0498. The SMILES string of the molecule is FC(F)(F)c1nc2ncc(N3CCNCC3)cn2n1. The zero-order valence-electron chi connectivity index (χ0n) is 9.85. The summed E-state index contributed by atoms with van der Waals surface area (Å²) in [6.07, 6.45) is -1.51. The molecule has 3 rings (SSSR count). The van der Waals surface area contributed by atoms with E-state index in [1.54, 1.807) is 0 Å². The van der Waals surface area contributed by atoms with Crippen molar-refractivity contribution in [2.75, 3.05) is 31.1 Å². The van der Waals surface area contributed by atoms with Crippen molar-refractivity contribution in [1.82, 2.24) is 24.9 Å². The van der Waals surface area contributed by atoms with Gasteiger partial charge in [0.2, 0.25) is 0 Å². The molecule has 2 aromatic heterocycles. The van der Waals surface area contributed by atoms with Gasteiger partial charge in [0.25, 0.3) is 11.6 Å². The van der Waals surface area contributed by atoms with Crippen molar-refractivity contribution >= 4 is 11.5 Å². The zero-order chi connectivity index (χ0) is 13.5. The van der Waals surface area contributed by atoms with Gasteiger partial charge in [-0.25, -0.2) is 9.50 Å². The number of hydrogen-bond acceptors (Lipinski definition) is 5. The molecule has 1 N–H and O–H groups in total. The Hall–Kier alpha value is -1.90. The van der Waals surface area contributed by atoms with Gasteiger partial charge in [-0.3, -0.25) is 0 Å². The van der Waals surface area contributed by atoms with Crippen molar-refractivity contribution in [3.8, 4) is 0 Å². The first kappa shape index (κ1) is 12.2. The minimum Gasteiger partial charge on any atom is -0.366 e. The molecule has 2 aromatic rings. The van der Waals surface area contributed by atoms with Gasteiger partial charge in [0.05, 0.1) is 18.1 Å². The lowest BCUT2D eigenvalue weighted by Crippen LogP contribution is -2.43. The third kappa shape index (κ3) is 2.33. The molecule has 0 bridgehead atoms. The molecule has 102 valence electrons. The van der Waals surface area contributed by atoms with Crippen LogP contribution >= 0.6 is 0 Å². The first-order chi connectivity index (χ1) is 9.04. The summed E-state index contributed by atoms with van der Waals surface area (Å²) in [5.41, 5.74) is 0.743. The van der Waals surface area contributed by atoms with Crippen molar-refractivity contribution in [1.29, 1.82) is 0 Å². The summed E-state index contributed by atoms with van der Waals surface area (Å²) in [4.78, 5) is 9.31. The molecule has 0 unspecified atom stereocenters. The average Bonchev–Trinajstić information content (AvgIpc) is 2.82. The van der Waals surface area contributed by atoms with Gasteiger partial charge in [-0.05, 0) is 0 Å². The van der Waals surface area contributed by atoms with Crippen molar-refractivity contribution in [3.63, 3.8) is 0 Å². The van der Waals surface area contributed by atoms with E-state index in [0.29, 0.717) is 0 Å². The number of halogens is 3. The Kier molecular flexibility index (Phi) is 2.77. The van der Waals surface area contributed by atoms with Gasteiger partial charge in [0.15, 0.2) is 0 Å². The molecule has 0 radical (unpaired) electrons. The molecule has 0 aromatic carbocycles. The fourth-order valence-corrected chi connectivity index (χ4v) is 1.98. The smallest absolute Gasteiger partial charge is 0.366 e. The first-order valence-corrected chi connectivity index (χ1v) is 5.79. The molecule has 9 heteroatoms. The second kappa shape index (κ2) is 4.34. The quantitative estimate of drug-likeness (QED) is 0.821. The molecule has 0 amide bonds. The Morgan fingerprint density at radius 1 is 1.21 bits per heavy atom. The second-order valence-electron chi connectivity index (χ2n) is 4.23. The van der Waals surface area contributed by atoms with Crippen molar-refractivity contribution < 1.29 is 13.2 Å². The van der Waals surface area contributed by atoms with Crippen LogP contribution in [0.2, 0.25) is 0 Å². The summed E-state index contributed by atoms with van der Waals surface area (Å²) in [6, 6.07) is 0. The van der Waals surface area contributed by atoms with Crippen LogP contribution in [0.1, 0.15) is 5.82 Å². The van der Waals surface area contributed by atoms with Gasteiger partial charge in [-0.15, -0.1) is 5.10 Å². The maximum absolute atomic E-state index is 12.5. The number of nitrogens with zero attached hydrogens (tertiary/aromatic N) is 5. The number of hydrogen-bond donors (Lipinski definition) is 1. The van der Waals surface area contributed by atoms with Gasteiger partial charge in [-0.2, -0.15) is 18.2 Å². The molecule has 1 fully saturated rings. The van der Waals surface area contributed by atoms with Crippen molar-refractivity contribution in [3.05, 3.63) is 18.2 Å². The molecule has 0 atom stereocenters. The third-order valence-electron chi connectivity index (χ3n) is 2.92. The number of aromatic nitrogens is 4. The Morgan fingerprint density at radius 2 is 1.95 bits per heavy atom. The molecular weight excluding hydrogens is 261 g/mol. The van der Waals surface area contributed by atoms with Crippen molar-refractivity contribution in [2.45, 2.75) is 6.18 Å². The highest BCUT2D eigenvalue weighted by molar-refractivity contribution is 5.46. The lowest BCUT2D eigenvalue weighted by atomic mass is 10.3. The third-order valence-corrected chi connectivity index (χ3v) is 2.92. The van der Waals surface area contributed by atoms with Crippen LogP contribution in [-0.2, 0) is 6.18 Å². The highest BCUT2D eigenvalue weighted by Gasteiger charge is 2.36. The summed E-state index contributed by atoms with van der Waals surface area (Å²) < 4.78 is 38.6. The van der Waals surface area contributed by atoms with Gasteiger partial charge in [-0.1, -0.05) is 0 Å².